The third kappa shape index (κ3) is 3.63. The first-order valence-electron chi connectivity index (χ1n) is 9.64. The molecule has 1 heterocycles. The van der Waals surface area contributed by atoms with E-state index in [1.54, 1.807) is 49.6 Å². The topological polar surface area (TPSA) is 77.4 Å². The molecule has 0 unspecified atom stereocenters. The lowest BCUT2D eigenvalue weighted by molar-refractivity contribution is -0.125. The Kier molecular flexibility index (Phi) is 5.18. The van der Waals surface area contributed by atoms with E-state index in [0.29, 0.717) is 26.8 Å². The molecule has 8 heteroatoms. The second-order valence-electron chi connectivity index (χ2n) is 8.01. The Morgan fingerprint density at radius 3 is 2.47 bits per heavy atom. The number of nitrogens with one attached hydrogen (secondary N) is 1. The molecule has 0 aliphatic heterocycles. The van der Waals surface area contributed by atoms with Gasteiger partial charge in [-0.05, 0) is 66.0 Å². The lowest BCUT2D eigenvalue weighted by Crippen LogP contribution is -2.31. The van der Waals surface area contributed by atoms with Crippen LogP contribution < -0.4 is 10.1 Å². The van der Waals surface area contributed by atoms with Crippen LogP contribution in [0.25, 0.3) is 10.9 Å². The van der Waals surface area contributed by atoms with Gasteiger partial charge in [0, 0.05) is 10.8 Å². The molecule has 6 nitrogen and oxygen atoms in total. The Labute approximate surface area is 184 Å². The van der Waals surface area contributed by atoms with Crippen molar-refractivity contribution in [2.75, 3.05) is 7.11 Å². The van der Waals surface area contributed by atoms with Crippen molar-refractivity contribution in [3.05, 3.63) is 58.2 Å². The number of halogens is 1. The number of aromatic nitrogens is 1. The minimum Gasteiger partial charge on any atom is -0.496 e. The van der Waals surface area contributed by atoms with Crippen LogP contribution in [0.4, 0.5) is 0 Å². The third-order valence-electron chi connectivity index (χ3n) is 5.64. The SMILES string of the molecule is COc1cc2cc(CNC(=O)C3(C)CC3)n(S(=O)(=O)c3ccc(C)cc3)c2cc1Br. The Morgan fingerprint density at radius 2 is 1.87 bits per heavy atom. The number of carbonyl (C=O) groups is 1. The van der Waals surface area contributed by atoms with Gasteiger partial charge in [-0.2, -0.15) is 0 Å². The molecule has 0 bridgehead atoms. The van der Waals surface area contributed by atoms with E-state index in [1.165, 1.54) is 3.97 Å². The maximum atomic E-state index is 13.6. The average molecular weight is 491 g/mol. The van der Waals surface area contributed by atoms with Gasteiger partial charge < -0.3 is 10.1 Å². The second-order valence-corrected chi connectivity index (χ2v) is 10.6. The zero-order valence-corrected chi connectivity index (χ0v) is 19.4. The number of benzene rings is 2. The number of hydrogen-bond acceptors (Lipinski definition) is 4. The van der Waals surface area contributed by atoms with Crippen LogP contribution in [-0.4, -0.2) is 25.4 Å². The molecule has 2 aromatic carbocycles. The zero-order chi connectivity index (χ0) is 21.7. The molecule has 30 heavy (non-hydrogen) atoms. The number of aryl methyl sites for hydroxylation is 1. The molecule has 0 spiro atoms. The Bertz CT molecular complexity index is 1240. The first-order chi connectivity index (χ1) is 14.2. The van der Waals surface area contributed by atoms with Crippen LogP contribution in [0.2, 0.25) is 0 Å². The lowest BCUT2D eigenvalue weighted by atomic mass is 10.1. The van der Waals surface area contributed by atoms with E-state index < -0.39 is 10.0 Å². The summed E-state index contributed by atoms with van der Waals surface area (Å²) in [5, 5.41) is 3.63. The summed E-state index contributed by atoms with van der Waals surface area (Å²) in [6, 6.07) is 12.0. The van der Waals surface area contributed by atoms with Gasteiger partial charge in [-0.25, -0.2) is 12.4 Å². The molecule has 4 rings (SSSR count). The van der Waals surface area contributed by atoms with Gasteiger partial charge in [-0.15, -0.1) is 0 Å². The van der Waals surface area contributed by atoms with E-state index in [2.05, 4.69) is 21.2 Å². The van der Waals surface area contributed by atoms with Gasteiger partial charge in [0.05, 0.1) is 34.2 Å². The molecule has 0 saturated heterocycles. The minimum atomic E-state index is -3.87. The van der Waals surface area contributed by atoms with E-state index in [4.69, 9.17) is 4.74 Å². The van der Waals surface area contributed by atoms with E-state index in [1.807, 2.05) is 13.8 Å². The highest BCUT2D eigenvalue weighted by molar-refractivity contribution is 9.10. The Hall–Kier alpha value is -2.32. The highest BCUT2D eigenvalue weighted by atomic mass is 79.9. The lowest BCUT2D eigenvalue weighted by Gasteiger charge is -2.14. The molecular weight excluding hydrogens is 468 g/mol. The molecule has 0 atom stereocenters. The summed E-state index contributed by atoms with van der Waals surface area (Å²) >= 11 is 3.45. The standard InChI is InChI=1S/C22H23BrN2O4S/c1-14-4-6-17(7-5-14)30(27,28)25-16(13-24-21(26)22(2)8-9-22)10-15-11-20(29-3)18(23)12-19(15)25/h4-7,10-12H,8-9,13H2,1-3H3,(H,24,26). The molecule has 1 N–H and O–H groups in total. The van der Waals surface area contributed by atoms with E-state index in [0.717, 1.165) is 18.4 Å². The van der Waals surface area contributed by atoms with E-state index >= 15 is 0 Å². The van der Waals surface area contributed by atoms with Crippen molar-refractivity contribution in [1.82, 2.24) is 9.29 Å². The highest BCUT2D eigenvalue weighted by Crippen LogP contribution is 2.45. The molecule has 1 aliphatic carbocycles. The van der Waals surface area contributed by atoms with Crippen molar-refractivity contribution in [1.29, 1.82) is 0 Å². The smallest absolute Gasteiger partial charge is 0.268 e. The fourth-order valence-electron chi connectivity index (χ4n) is 3.42. The molecular formula is C22H23BrN2O4S. The van der Waals surface area contributed by atoms with Gasteiger partial charge in [0.15, 0.2) is 0 Å². The molecule has 1 amide bonds. The van der Waals surface area contributed by atoms with E-state index in [9.17, 15) is 13.2 Å². The number of nitrogens with zero attached hydrogens (tertiary/aromatic N) is 1. The maximum Gasteiger partial charge on any atom is 0.268 e. The van der Waals surface area contributed by atoms with Crippen LogP contribution >= 0.6 is 15.9 Å². The van der Waals surface area contributed by atoms with Crippen LogP contribution in [0.1, 0.15) is 31.0 Å². The first-order valence-corrected chi connectivity index (χ1v) is 11.9. The largest absolute Gasteiger partial charge is 0.496 e. The number of carbonyl (C=O) groups excluding carboxylic acids is 1. The summed E-state index contributed by atoms with van der Waals surface area (Å²) in [4.78, 5) is 12.6. The number of ether oxygens (including phenoxy) is 1. The number of methoxy groups -OCH3 is 1. The quantitative estimate of drug-likeness (QED) is 0.556. The summed E-state index contributed by atoms with van der Waals surface area (Å²) in [5.74, 6) is 0.555. The van der Waals surface area contributed by atoms with Gasteiger partial charge in [-0.1, -0.05) is 24.6 Å². The zero-order valence-electron chi connectivity index (χ0n) is 17.0. The molecule has 0 radical (unpaired) electrons. The number of fused-ring (bicyclic) bond motifs is 1. The van der Waals surface area contributed by atoms with E-state index in [-0.39, 0.29) is 22.8 Å². The van der Waals surface area contributed by atoms with Gasteiger partial charge >= 0.3 is 0 Å². The van der Waals surface area contributed by atoms with Gasteiger partial charge in [0.2, 0.25) is 5.91 Å². The van der Waals surface area contributed by atoms with Gasteiger partial charge in [0.1, 0.15) is 5.75 Å². The number of rotatable bonds is 6. The summed E-state index contributed by atoms with van der Waals surface area (Å²) in [6.07, 6.45) is 1.71. The van der Waals surface area contributed by atoms with Crippen molar-refractivity contribution in [3.8, 4) is 5.75 Å². The van der Waals surface area contributed by atoms with Gasteiger partial charge in [0.25, 0.3) is 10.0 Å². The van der Waals surface area contributed by atoms with Crippen molar-refractivity contribution in [3.63, 3.8) is 0 Å². The summed E-state index contributed by atoms with van der Waals surface area (Å²) in [7, 11) is -2.31. The van der Waals surface area contributed by atoms with Crippen LogP contribution in [0.15, 0.2) is 51.8 Å². The summed E-state index contributed by atoms with van der Waals surface area (Å²) < 4.78 is 34.5. The van der Waals surface area contributed by atoms with Crippen molar-refractivity contribution in [2.24, 2.45) is 5.41 Å². The molecule has 158 valence electrons. The normalized spacial score (nSPS) is 15.2. The van der Waals surface area contributed by atoms with Crippen LogP contribution in [0, 0.1) is 12.3 Å². The minimum absolute atomic E-state index is 0.0502. The molecule has 1 aromatic heterocycles. The molecule has 1 aliphatic rings. The predicted octanol–water partition coefficient (Wildman–Crippen LogP) is 4.37. The summed E-state index contributed by atoms with van der Waals surface area (Å²) in [6.45, 7) is 3.95. The van der Waals surface area contributed by atoms with Crippen LogP contribution in [0.5, 0.6) is 5.75 Å². The highest BCUT2D eigenvalue weighted by Gasteiger charge is 2.44. The average Bonchev–Trinajstić information content (AvgIpc) is 3.36. The van der Waals surface area contributed by atoms with Crippen LogP contribution in [-0.2, 0) is 21.4 Å². The van der Waals surface area contributed by atoms with Gasteiger partial charge in [-0.3, -0.25) is 4.79 Å². The van der Waals surface area contributed by atoms with Crippen molar-refractivity contribution < 1.29 is 17.9 Å². The number of hydrogen-bond donors (Lipinski definition) is 1. The van der Waals surface area contributed by atoms with Crippen LogP contribution in [0.3, 0.4) is 0 Å². The Morgan fingerprint density at radius 1 is 1.20 bits per heavy atom. The predicted molar refractivity (Wildman–Crippen MR) is 119 cm³/mol. The van der Waals surface area contributed by atoms with Crippen molar-refractivity contribution >= 4 is 42.8 Å². The Balaban J connectivity index is 1.85. The van der Waals surface area contributed by atoms with Crippen molar-refractivity contribution in [2.45, 2.75) is 38.1 Å². The fourth-order valence-corrected chi connectivity index (χ4v) is 5.45. The monoisotopic (exact) mass is 490 g/mol. The molecule has 1 saturated carbocycles. The first kappa shape index (κ1) is 20.9. The third-order valence-corrected chi connectivity index (χ3v) is 8.04. The molecule has 3 aromatic rings. The maximum absolute atomic E-state index is 13.6. The fraction of sp³-hybridized carbons (Fsp3) is 0.318. The number of amides is 1. The molecule has 1 fully saturated rings. The summed E-state index contributed by atoms with van der Waals surface area (Å²) in [5.41, 5.74) is 1.65. The second kappa shape index (κ2) is 7.42.